The molecule has 0 saturated heterocycles. The van der Waals surface area contributed by atoms with Gasteiger partial charge < -0.3 is 4.74 Å². The second kappa shape index (κ2) is 6.83. The van der Waals surface area contributed by atoms with Crippen LogP contribution in [-0.2, 0) is 10.5 Å². The van der Waals surface area contributed by atoms with Crippen molar-refractivity contribution in [3.63, 3.8) is 0 Å². The summed E-state index contributed by atoms with van der Waals surface area (Å²) in [4.78, 5) is 16.6. The van der Waals surface area contributed by atoms with Gasteiger partial charge in [-0.15, -0.1) is 11.8 Å². The molecule has 0 aliphatic carbocycles. The Labute approximate surface area is 137 Å². The highest BCUT2D eigenvalue weighted by Crippen LogP contribution is 2.25. The number of esters is 1. The predicted molar refractivity (Wildman–Crippen MR) is 87.1 cm³/mol. The van der Waals surface area contributed by atoms with Crippen molar-refractivity contribution in [2.24, 2.45) is 0 Å². The van der Waals surface area contributed by atoms with E-state index in [9.17, 15) is 9.18 Å². The number of carbonyl (C=O) groups is 1. The topological polar surface area (TPSA) is 43.6 Å². The molecule has 0 spiro atoms. The molecular formula is C17H15FN2O2S. The van der Waals surface area contributed by atoms with Gasteiger partial charge in [0.1, 0.15) is 0 Å². The standard InChI is InChI=1S/C17H15FN2O2S/c1-2-22-17(21)15-9-19-16-14(18)8-13(10-20(15)16)23-11-12-6-4-3-5-7-12/h3-10H,2,11H2,1H3. The van der Waals surface area contributed by atoms with Crippen LogP contribution in [0.25, 0.3) is 5.65 Å². The largest absolute Gasteiger partial charge is 0.461 e. The number of rotatable bonds is 5. The van der Waals surface area contributed by atoms with E-state index in [-0.39, 0.29) is 17.9 Å². The number of carbonyl (C=O) groups excluding carboxylic acids is 1. The number of aromatic nitrogens is 2. The van der Waals surface area contributed by atoms with Gasteiger partial charge >= 0.3 is 5.97 Å². The predicted octanol–water partition coefficient (Wildman–Crippen LogP) is 3.94. The summed E-state index contributed by atoms with van der Waals surface area (Å²) in [6.45, 7) is 1.99. The average molecular weight is 330 g/mol. The molecule has 0 unspecified atom stereocenters. The molecule has 0 aliphatic heterocycles. The highest BCUT2D eigenvalue weighted by atomic mass is 32.2. The van der Waals surface area contributed by atoms with Crippen LogP contribution in [0.5, 0.6) is 0 Å². The molecule has 2 heterocycles. The van der Waals surface area contributed by atoms with Gasteiger partial charge in [-0.1, -0.05) is 30.3 Å². The normalized spacial score (nSPS) is 10.9. The van der Waals surface area contributed by atoms with E-state index in [1.807, 2.05) is 30.3 Å². The third kappa shape index (κ3) is 3.37. The van der Waals surface area contributed by atoms with E-state index in [4.69, 9.17) is 4.74 Å². The number of fused-ring (bicyclic) bond motifs is 1. The molecule has 2 aromatic heterocycles. The number of nitrogens with zero attached hydrogens (tertiary/aromatic N) is 2. The molecule has 23 heavy (non-hydrogen) atoms. The molecule has 4 nitrogen and oxygen atoms in total. The van der Waals surface area contributed by atoms with E-state index in [1.165, 1.54) is 28.4 Å². The Balaban J connectivity index is 1.89. The first-order valence-corrected chi connectivity index (χ1v) is 8.18. The van der Waals surface area contributed by atoms with Crippen LogP contribution in [0.3, 0.4) is 0 Å². The van der Waals surface area contributed by atoms with E-state index < -0.39 is 11.8 Å². The number of pyridine rings is 1. The lowest BCUT2D eigenvalue weighted by atomic mass is 10.2. The van der Waals surface area contributed by atoms with Crippen molar-refractivity contribution in [1.82, 2.24) is 9.38 Å². The first-order chi connectivity index (χ1) is 11.2. The first kappa shape index (κ1) is 15.6. The molecule has 0 radical (unpaired) electrons. The van der Waals surface area contributed by atoms with Crippen molar-refractivity contribution in [2.75, 3.05) is 6.61 Å². The third-order valence-electron chi connectivity index (χ3n) is 3.27. The molecule has 0 saturated carbocycles. The van der Waals surface area contributed by atoms with Crippen molar-refractivity contribution in [2.45, 2.75) is 17.6 Å². The van der Waals surface area contributed by atoms with Crippen LogP contribution < -0.4 is 0 Å². The summed E-state index contributed by atoms with van der Waals surface area (Å²) in [5, 5.41) is 0. The molecule has 0 N–H and O–H groups in total. The number of imidazole rings is 1. The zero-order valence-electron chi connectivity index (χ0n) is 12.5. The Morgan fingerprint density at radius 2 is 2.13 bits per heavy atom. The lowest BCUT2D eigenvalue weighted by Gasteiger charge is -2.06. The molecule has 0 aliphatic rings. The average Bonchev–Trinajstić information content (AvgIpc) is 2.99. The van der Waals surface area contributed by atoms with E-state index >= 15 is 0 Å². The lowest BCUT2D eigenvalue weighted by molar-refractivity contribution is 0.0518. The molecule has 0 atom stereocenters. The molecule has 0 fully saturated rings. The minimum Gasteiger partial charge on any atom is -0.461 e. The number of hydrogen-bond donors (Lipinski definition) is 0. The minimum absolute atomic E-state index is 0.122. The van der Waals surface area contributed by atoms with Crippen LogP contribution in [-0.4, -0.2) is 22.0 Å². The number of benzene rings is 1. The summed E-state index contributed by atoms with van der Waals surface area (Å²) >= 11 is 1.50. The molecule has 118 valence electrons. The molecule has 6 heteroatoms. The van der Waals surface area contributed by atoms with E-state index in [0.29, 0.717) is 0 Å². The van der Waals surface area contributed by atoms with E-state index in [1.54, 1.807) is 13.1 Å². The van der Waals surface area contributed by atoms with Gasteiger partial charge in [-0.3, -0.25) is 4.40 Å². The highest BCUT2D eigenvalue weighted by Gasteiger charge is 2.16. The van der Waals surface area contributed by atoms with E-state index in [2.05, 4.69) is 4.98 Å². The Hall–Kier alpha value is -2.34. The maximum atomic E-state index is 14.2. The number of ether oxygens (including phenoxy) is 1. The Morgan fingerprint density at radius 3 is 2.87 bits per heavy atom. The Morgan fingerprint density at radius 1 is 1.35 bits per heavy atom. The SMILES string of the molecule is CCOC(=O)c1cnc2c(F)cc(SCc3ccccc3)cn12. The molecule has 0 bridgehead atoms. The zero-order valence-corrected chi connectivity index (χ0v) is 13.3. The van der Waals surface area contributed by atoms with Gasteiger partial charge in [-0.25, -0.2) is 14.2 Å². The van der Waals surface area contributed by atoms with Gasteiger partial charge in [0.2, 0.25) is 0 Å². The molecule has 3 aromatic rings. The summed E-state index contributed by atoms with van der Waals surface area (Å²) in [6.07, 6.45) is 3.05. The van der Waals surface area contributed by atoms with Crippen molar-refractivity contribution in [3.05, 3.63) is 65.9 Å². The second-order valence-corrected chi connectivity index (χ2v) is 5.90. The monoisotopic (exact) mass is 330 g/mol. The van der Waals surface area contributed by atoms with Gasteiger partial charge in [-0.05, 0) is 18.6 Å². The zero-order chi connectivity index (χ0) is 16.2. The van der Waals surface area contributed by atoms with Crippen molar-refractivity contribution >= 4 is 23.4 Å². The van der Waals surface area contributed by atoms with Gasteiger partial charge in [-0.2, -0.15) is 0 Å². The van der Waals surface area contributed by atoms with Gasteiger partial charge in [0.25, 0.3) is 0 Å². The third-order valence-corrected chi connectivity index (χ3v) is 4.30. The van der Waals surface area contributed by atoms with Gasteiger partial charge in [0, 0.05) is 16.8 Å². The lowest BCUT2D eigenvalue weighted by Crippen LogP contribution is -2.08. The number of hydrogen-bond acceptors (Lipinski definition) is 4. The molecule has 1 aromatic carbocycles. The fourth-order valence-electron chi connectivity index (χ4n) is 2.20. The van der Waals surface area contributed by atoms with Crippen LogP contribution >= 0.6 is 11.8 Å². The fraction of sp³-hybridized carbons (Fsp3) is 0.176. The van der Waals surface area contributed by atoms with Crippen LogP contribution in [0.4, 0.5) is 4.39 Å². The summed E-state index contributed by atoms with van der Waals surface area (Å²) in [5.74, 6) is -0.252. The van der Waals surface area contributed by atoms with Crippen LogP contribution in [0.15, 0.2) is 53.7 Å². The molecule has 3 rings (SSSR count). The fourth-order valence-corrected chi connectivity index (χ4v) is 3.09. The quantitative estimate of drug-likeness (QED) is 0.525. The van der Waals surface area contributed by atoms with Crippen LogP contribution in [0.1, 0.15) is 23.0 Å². The maximum Gasteiger partial charge on any atom is 0.356 e. The van der Waals surface area contributed by atoms with Gasteiger partial charge in [0.15, 0.2) is 17.2 Å². The molecule has 0 amide bonds. The Kier molecular flexibility index (Phi) is 4.62. The van der Waals surface area contributed by atoms with Gasteiger partial charge in [0.05, 0.1) is 12.8 Å². The van der Waals surface area contributed by atoms with E-state index in [0.717, 1.165) is 16.2 Å². The summed E-state index contributed by atoms with van der Waals surface area (Å²) in [5.41, 5.74) is 1.49. The minimum atomic E-state index is -0.510. The summed E-state index contributed by atoms with van der Waals surface area (Å²) in [6, 6.07) is 11.4. The molecular weight excluding hydrogens is 315 g/mol. The van der Waals surface area contributed by atoms with Crippen LogP contribution in [0.2, 0.25) is 0 Å². The highest BCUT2D eigenvalue weighted by molar-refractivity contribution is 7.98. The maximum absolute atomic E-state index is 14.2. The smallest absolute Gasteiger partial charge is 0.356 e. The number of thioether (sulfide) groups is 1. The second-order valence-electron chi connectivity index (χ2n) is 4.86. The van der Waals surface area contributed by atoms with Crippen molar-refractivity contribution in [1.29, 1.82) is 0 Å². The van der Waals surface area contributed by atoms with Crippen LogP contribution in [0, 0.1) is 5.82 Å². The summed E-state index contributed by atoms with van der Waals surface area (Å²) < 4.78 is 20.6. The summed E-state index contributed by atoms with van der Waals surface area (Å²) in [7, 11) is 0. The Bertz CT molecular complexity index is 833. The first-order valence-electron chi connectivity index (χ1n) is 7.19. The van der Waals surface area contributed by atoms with Crippen molar-refractivity contribution < 1.29 is 13.9 Å². The number of halogens is 1. The van der Waals surface area contributed by atoms with Crippen molar-refractivity contribution in [3.8, 4) is 0 Å².